The predicted octanol–water partition coefficient (Wildman–Crippen LogP) is 1.12. The molecule has 0 bridgehead atoms. The summed E-state index contributed by atoms with van der Waals surface area (Å²) in [5.74, 6) is -0.0877. The summed E-state index contributed by atoms with van der Waals surface area (Å²) in [6.45, 7) is 4.49. The average Bonchev–Trinajstić information content (AvgIpc) is 2.38. The van der Waals surface area contributed by atoms with Crippen molar-refractivity contribution in [1.29, 1.82) is 0 Å². The van der Waals surface area contributed by atoms with Crippen LogP contribution in [0, 0.1) is 5.92 Å². The molecule has 0 aromatic heterocycles. The number of carbonyl (C=O) groups is 2. The number of benzene rings is 1. The number of hydrogen-bond donors (Lipinski definition) is 3. The molecule has 1 rings (SSSR count). The Morgan fingerprint density at radius 3 is 2.32 bits per heavy atom. The lowest BCUT2D eigenvalue weighted by Gasteiger charge is -2.09. The second-order valence-corrected chi connectivity index (χ2v) is 4.65. The van der Waals surface area contributed by atoms with Gasteiger partial charge in [0.15, 0.2) is 0 Å². The van der Waals surface area contributed by atoms with Gasteiger partial charge < -0.3 is 16.0 Å². The molecule has 1 aromatic rings. The van der Waals surface area contributed by atoms with Gasteiger partial charge >= 0.3 is 0 Å². The summed E-state index contributed by atoms with van der Waals surface area (Å²) in [5.41, 5.74) is 1.76. The zero-order chi connectivity index (χ0) is 14.3. The van der Waals surface area contributed by atoms with Crippen molar-refractivity contribution in [2.75, 3.05) is 18.9 Å². The molecule has 19 heavy (non-hydrogen) atoms. The molecule has 2 amide bonds. The summed E-state index contributed by atoms with van der Waals surface area (Å²) in [7, 11) is 1.73. The maximum Gasteiger partial charge on any atom is 0.234 e. The van der Waals surface area contributed by atoms with Gasteiger partial charge in [0, 0.05) is 18.2 Å². The molecule has 1 aromatic carbocycles. The van der Waals surface area contributed by atoms with Crippen LogP contribution >= 0.6 is 0 Å². The van der Waals surface area contributed by atoms with E-state index in [0.717, 1.165) is 11.3 Å². The molecule has 0 radical (unpaired) electrons. The average molecular weight is 263 g/mol. The molecule has 0 atom stereocenters. The molecule has 0 unspecified atom stereocenters. The Labute approximate surface area is 113 Å². The molecule has 104 valence electrons. The molecular formula is C14H21N3O2. The Morgan fingerprint density at radius 1 is 1.16 bits per heavy atom. The molecule has 3 N–H and O–H groups in total. The molecule has 0 aliphatic heterocycles. The van der Waals surface area contributed by atoms with Crippen LogP contribution in [0.1, 0.15) is 19.4 Å². The number of anilines is 1. The van der Waals surface area contributed by atoms with Crippen LogP contribution in [0.2, 0.25) is 0 Å². The van der Waals surface area contributed by atoms with Gasteiger partial charge in [-0.3, -0.25) is 9.59 Å². The zero-order valence-corrected chi connectivity index (χ0v) is 11.6. The van der Waals surface area contributed by atoms with E-state index in [1.165, 1.54) is 0 Å². The van der Waals surface area contributed by atoms with E-state index in [2.05, 4.69) is 16.0 Å². The van der Waals surface area contributed by atoms with E-state index in [0.29, 0.717) is 13.1 Å². The van der Waals surface area contributed by atoms with E-state index in [4.69, 9.17) is 0 Å². The summed E-state index contributed by atoms with van der Waals surface area (Å²) in [6, 6.07) is 7.44. The molecular weight excluding hydrogens is 242 g/mol. The summed E-state index contributed by atoms with van der Waals surface area (Å²) < 4.78 is 0. The largest absolute Gasteiger partial charge is 0.351 e. The Kier molecular flexibility index (Phi) is 6.02. The molecule has 5 heteroatoms. The van der Waals surface area contributed by atoms with Gasteiger partial charge in [-0.2, -0.15) is 0 Å². The number of rotatable bonds is 6. The third-order valence-corrected chi connectivity index (χ3v) is 2.57. The monoisotopic (exact) mass is 263 g/mol. The lowest BCUT2D eigenvalue weighted by atomic mass is 10.1. The normalized spacial score (nSPS) is 10.3. The summed E-state index contributed by atoms with van der Waals surface area (Å²) in [5, 5.41) is 8.39. The van der Waals surface area contributed by atoms with Crippen molar-refractivity contribution in [2.24, 2.45) is 5.92 Å². The molecule has 0 heterocycles. The van der Waals surface area contributed by atoms with Crippen molar-refractivity contribution >= 4 is 17.5 Å². The standard InChI is InChI=1S/C14H21N3O2/c1-10(2)14(19)17-12-6-4-11(5-7-12)8-16-13(18)9-15-3/h4-7,10,15H,8-9H2,1-3H3,(H,16,18)(H,17,19). The molecule has 5 nitrogen and oxygen atoms in total. The topological polar surface area (TPSA) is 70.2 Å². The molecule has 0 aliphatic carbocycles. The summed E-state index contributed by atoms with van der Waals surface area (Å²) in [6.07, 6.45) is 0. The van der Waals surface area contributed by atoms with Gasteiger partial charge in [0.1, 0.15) is 0 Å². The first kappa shape index (κ1) is 15.2. The van der Waals surface area contributed by atoms with Crippen LogP contribution in [0.4, 0.5) is 5.69 Å². The van der Waals surface area contributed by atoms with Gasteiger partial charge in [-0.15, -0.1) is 0 Å². The van der Waals surface area contributed by atoms with Crippen LogP contribution < -0.4 is 16.0 Å². The quantitative estimate of drug-likeness (QED) is 0.720. The van der Waals surface area contributed by atoms with Gasteiger partial charge in [-0.1, -0.05) is 26.0 Å². The third kappa shape index (κ3) is 5.52. The first-order chi connectivity index (χ1) is 9.02. The molecule has 0 saturated heterocycles. The highest BCUT2D eigenvalue weighted by atomic mass is 16.2. The smallest absolute Gasteiger partial charge is 0.234 e. The molecule has 0 fully saturated rings. The maximum atomic E-state index is 11.5. The van der Waals surface area contributed by atoms with Gasteiger partial charge in [-0.05, 0) is 24.7 Å². The number of amides is 2. The van der Waals surface area contributed by atoms with Crippen LogP contribution in [-0.2, 0) is 16.1 Å². The Balaban J connectivity index is 2.47. The van der Waals surface area contributed by atoms with Gasteiger partial charge in [0.25, 0.3) is 0 Å². The maximum absolute atomic E-state index is 11.5. The Morgan fingerprint density at radius 2 is 1.79 bits per heavy atom. The van der Waals surface area contributed by atoms with Crippen LogP contribution in [0.15, 0.2) is 24.3 Å². The van der Waals surface area contributed by atoms with E-state index in [9.17, 15) is 9.59 Å². The molecule has 0 aliphatic rings. The fraction of sp³-hybridized carbons (Fsp3) is 0.429. The number of nitrogens with one attached hydrogen (secondary N) is 3. The minimum absolute atomic E-state index is 0.00456. The van der Waals surface area contributed by atoms with E-state index in [-0.39, 0.29) is 17.7 Å². The minimum Gasteiger partial charge on any atom is -0.351 e. The van der Waals surface area contributed by atoms with Crippen LogP contribution in [0.25, 0.3) is 0 Å². The van der Waals surface area contributed by atoms with E-state index < -0.39 is 0 Å². The SMILES string of the molecule is CNCC(=O)NCc1ccc(NC(=O)C(C)C)cc1. The van der Waals surface area contributed by atoms with Crippen molar-refractivity contribution in [1.82, 2.24) is 10.6 Å². The number of likely N-dealkylation sites (N-methyl/N-ethyl adjacent to an activating group) is 1. The molecule has 0 saturated carbocycles. The third-order valence-electron chi connectivity index (χ3n) is 2.57. The number of hydrogen-bond acceptors (Lipinski definition) is 3. The summed E-state index contributed by atoms with van der Waals surface area (Å²) in [4.78, 5) is 22.8. The van der Waals surface area contributed by atoms with Crippen molar-refractivity contribution in [3.63, 3.8) is 0 Å². The number of carbonyl (C=O) groups excluding carboxylic acids is 2. The van der Waals surface area contributed by atoms with Crippen LogP contribution in [0.3, 0.4) is 0 Å². The lowest BCUT2D eigenvalue weighted by Crippen LogP contribution is -2.31. The summed E-state index contributed by atoms with van der Waals surface area (Å²) >= 11 is 0. The highest BCUT2D eigenvalue weighted by Gasteiger charge is 2.06. The van der Waals surface area contributed by atoms with Gasteiger partial charge in [0.2, 0.25) is 11.8 Å². The first-order valence-corrected chi connectivity index (χ1v) is 6.34. The zero-order valence-electron chi connectivity index (χ0n) is 11.6. The van der Waals surface area contributed by atoms with Crippen molar-refractivity contribution in [3.8, 4) is 0 Å². The lowest BCUT2D eigenvalue weighted by molar-refractivity contribution is -0.120. The Hall–Kier alpha value is -1.88. The minimum atomic E-state index is -0.0420. The highest BCUT2D eigenvalue weighted by molar-refractivity contribution is 5.92. The Bertz CT molecular complexity index is 427. The van der Waals surface area contributed by atoms with Gasteiger partial charge in [-0.25, -0.2) is 0 Å². The van der Waals surface area contributed by atoms with E-state index >= 15 is 0 Å². The van der Waals surface area contributed by atoms with Crippen molar-refractivity contribution < 1.29 is 9.59 Å². The highest BCUT2D eigenvalue weighted by Crippen LogP contribution is 2.10. The van der Waals surface area contributed by atoms with E-state index in [1.54, 1.807) is 7.05 Å². The molecule has 0 spiro atoms. The second-order valence-electron chi connectivity index (χ2n) is 4.65. The fourth-order valence-corrected chi connectivity index (χ4v) is 1.42. The van der Waals surface area contributed by atoms with Crippen LogP contribution in [0.5, 0.6) is 0 Å². The van der Waals surface area contributed by atoms with Crippen LogP contribution in [-0.4, -0.2) is 25.4 Å². The second kappa shape index (κ2) is 7.53. The van der Waals surface area contributed by atoms with Gasteiger partial charge in [0.05, 0.1) is 6.54 Å². The first-order valence-electron chi connectivity index (χ1n) is 6.34. The predicted molar refractivity (Wildman–Crippen MR) is 75.7 cm³/mol. The van der Waals surface area contributed by atoms with E-state index in [1.807, 2.05) is 38.1 Å². The fourth-order valence-electron chi connectivity index (χ4n) is 1.42. The van der Waals surface area contributed by atoms with Crippen molar-refractivity contribution in [2.45, 2.75) is 20.4 Å². The van der Waals surface area contributed by atoms with Crippen molar-refractivity contribution in [3.05, 3.63) is 29.8 Å².